The van der Waals surface area contributed by atoms with Crippen LogP contribution in [0, 0.1) is 0 Å². The minimum atomic E-state index is -0.242. The fraction of sp³-hybridized carbons (Fsp3) is 0.214. The van der Waals surface area contributed by atoms with Crippen molar-refractivity contribution in [2.24, 2.45) is 0 Å². The lowest BCUT2D eigenvalue weighted by Gasteiger charge is -2.25. The molecule has 2 aromatic rings. The van der Waals surface area contributed by atoms with Gasteiger partial charge in [0.25, 0.3) is 0 Å². The predicted octanol–water partition coefficient (Wildman–Crippen LogP) is 2.54. The van der Waals surface area contributed by atoms with Crippen molar-refractivity contribution in [3.05, 3.63) is 47.2 Å². The molecular formula is C14H13BrN4O2. The monoisotopic (exact) mass is 348 g/mol. The van der Waals surface area contributed by atoms with Gasteiger partial charge in [-0.25, -0.2) is 4.68 Å². The first-order chi connectivity index (χ1) is 10.2. The summed E-state index contributed by atoms with van der Waals surface area (Å²) in [6.45, 7) is 4.05. The third-order valence-corrected chi connectivity index (χ3v) is 3.68. The number of halogens is 1. The second-order valence-corrected chi connectivity index (χ2v) is 5.49. The summed E-state index contributed by atoms with van der Waals surface area (Å²) in [7, 11) is 0. The summed E-state index contributed by atoms with van der Waals surface area (Å²) in [4.78, 5) is 15.9. The average Bonchev–Trinajstić information content (AvgIpc) is 2.93. The van der Waals surface area contributed by atoms with Crippen molar-refractivity contribution in [3.8, 4) is 5.75 Å². The van der Waals surface area contributed by atoms with E-state index in [1.807, 2.05) is 18.2 Å². The van der Waals surface area contributed by atoms with E-state index >= 15 is 0 Å². The molecule has 0 bridgehead atoms. The summed E-state index contributed by atoms with van der Waals surface area (Å²) in [5.74, 6) is 1.07. The Morgan fingerprint density at radius 3 is 3.24 bits per heavy atom. The van der Waals surface area contributed by atoms with Crippen LogP contribution < -0.4 is 10.1 Å². The topological polar surface area (TPSA) is 69.0 Å². The Morgan fingerprint density at radius 1 is 1.57 bits per heavy atom. The number of hydrogen-bond donors (Lipinski definition) is 1. The molecule has 0 spiro atoms. The molecule has 0 unspecified atom stereocenters. The second-order valence-electron chi connectivity index (χ2n) is 4.58. The number of benzene rings is 1. The van der Waals surface area contributed by atoms with E-state index in [1.165, 1.54) is 6.33 Å². The van der Waals surface area contributed by atoms with E-state index < -0.39 is 0 Å². The number of carbonyl (C=O) groups excluding carboxylic acids is 1. The van der Waals surface area contributed by atoms with Crippen molar-refractivity contribution in [3.63, 3.8) is 0 Å². The van der Waals surface area contributed by atoms with Gasteiger partial charge in [0.15, 0.2) is 0 Å². The maximum Gasteiger partial charge on any atom is 0.229 e. The molecule has 1 amide bonds. The van der Waals surface area contributed by atoms with Crippen molar-refractivity contribution >= 4 is 27.8 Å². The van der Waals surface area contributed by atoms with Crippen molar-refractivity contribution in [1.29, 1.82) is 0 Å². The van der Waals surface area contributed by atoms with Gasteiger partial charge in [-0.05, 0) is 18.2 Å². The number of anilines is 1. The largest absolute Gasteiger partial charge is 0.489 e. The smallest absolute Gasteiger partial charge is 0.229 e. The van der Waals surface area contributed by atoms with E-state index in [2.05, 4.69) is 37.9 Å². The van der Waals surface area contributed by atoms with Gasteiger partial charge in [-0.15, -0.1) is 0 Å². The molecular weight excluding hydrogens is 336 g/mol. The lowest BCUT2D eigenvalue weighted by Crippen LogP contribution is -2.29. The number of nitrogens with zero attached hydrogens (tertiary/aromatic N) is 3. The van der Waals surface area contributed by atoms with Crippen LogP contribution >= 0.6 is 15.9 Å². The number of nitrogens with one attached hydrogen (secondary N) is 1. The highest BCUT2D eigenvalue weighted by Gasteiger charge is 2.29. The van der Waals surface area contributed by atoms with Crippen molar-refractivity contribution in [1.82, 2.24) is 14.8 Å². The zero-order chi connectivity index (χ0) is 14.8. The van der Waals surface area contributed by atoms with E-state index in [0.717, 1.165) is 10.0 Å². The molecule has 1 aliphatic rings. The molecule has 0 saturated heterocycles. The molecule has 21 heavy (non-hydrogen) atoms. The number of fused-ring (bicyclic) bond motifs is 1. The lowest BCUT2D eigenvalue weighted by molar-refractivity contribution is -0.117. The predicted molar refractivity (Wildman–Crippen MR) is 81.2 cm³/mol. The van der Waals surface area contributed by atoms with Crippen LogP contribution in [-0.2, 0) is 4.79 Å². The van der Waals surface area contributed by atoms with E-state index in [-0.39, 0.29) is 18.4 Å². The van der Waals surface area contributed by atoms with E-state index in [1.54, 1.807) is 10.8 Å². The van der Waals surface area contributed by atoms with Crippen LogP contribution in [0.2, 0.25) is 0 Å². The van der Waals surface area contributed by atoms with Crippen molar-refractivity contribution in [2.75, 3.05) is 11.9 Å². The van der Waals surface area contributed by atoms with Gasteiger partial charge in [-0.1, -0.05) is 28.6 Å². The molecule has 1 atom stereocenters. The zero-order valence-corrected chi connectivity index (χ0v) is 12.7. The number of ether oxygens (including phenoxy) is 1. The number of rotatable bonds is 4. The fourth-order valence-corrected chi connectivity index (χ4v) is 2.69. The minimum Gasteiger partial charge on any atom is -0.489 e. The standard InChI is InChI=1S/C14H13BrN4O2/c1-2-5-21-12-4-3-9(15)6-10(12)11-7-13(20)18-14-16-8-17-19(11)14/h2-4,6,8,11H,1,5,7H2,(H,16,17,18,20)/t11-/m1/s1. The normalized spacial score (nSPS) is 17.0. The van der Waals surface area contributed by atoms with Crippen molar-refractivity contribution in [2.45, 2.75) is 12.5 Å². The van der Waals surface area contributed by atoms with Gasteiger partial charge in [0.1, 0.15) is 18.7 Å². The fourth-order valence-electron chi connectivity index (χ4n) is 2.31. The summed E-state index contributed by atoms with van der Waals surface area (Å²) in [6.07, 6.45) is 3.40. The van der Waals surface area contributed by atoms with Gasteiger partial charge in [-0.3, -0.25) is 10.1 Å². The third-order valence-electron chi connectivity index (χ3n) is 3.19. The molecule has 6 nitrogen and oxygen atoms in total. The molecule has 0 fully saturated rings. The van der Waals surface area contributed by atoms with Crippen LogP contribution in [0.3, 0.4) is 0 Å². The Morgan fingerprint density at radius 2 is 2.43 bits per heavy atom. The van der Waals surface area contributed by atoms with Gasteiger partial charge in [-0.2, -0.15) is 10.1 Å². The summed E-state index contributed by atoms with van der Waals surface area (Å²) in [6, 6.07) is 5.46. The summed E-state index contributed by atoms with van der Waals surface area (Å²) >= 11 is 3.46. The first kappa shape index (κ1) is 13.8. The number of amides is 1. The Balaban J connectivity index is 2.06. The van der Waals surface area contributed by atoms with Crippen LogP contribution in [0.15, 0.2) is 41.7 Å². The highest BCUT2D eigenvalue weighted by atomic mass is 79.9. The maximum absolute atomic E-state index is 11.9. The van der Waals surface area contributed by atoms with Crippen molar-refractivity contribution < 1.29 is 9.53 Å². The highest BCUT2D eigenvalue weighted by Crippen LogP contribution is 2.35. The van der Waals surface area contributed by atoms with Gasteiger partial charge >= 0.3 is 0 Å². The number of carbonyl (C=O) groups is 1. The molecule has 1 aromatic carbocycles. The highest BCUT2D eigenvalue weighted by molar-refractivity contribution is 9.10. The van der Waals surface area contributed by atoms with Crippen LogP contribution in [0.1, 0.15) is 18.0 Å². The minimum absolute atomic E-state index is 0.0878. The molecule has 3 rings (SSSR count). The Hall–Kier alpha value is -2.15. The molecule has 0 saturated carbocycles. The maximum atomic E-state index is 11.9. The summed E-state index contributed by atoms with van der Waals surface area (Å²) < 4.78 is 8.30. The van der Waals surface area contributed by atoms with Gasteiger partial charge < -0.3 is 4.74 Å². The average molecular weight is 349 g/mol. The number of hydrogen-bond acceptors (Lipinski definition) is 4. The second kappa shape index (κ2) is 5.69. The Bertz CT molecular complexity index is 698. The quantitative estimate of drug-likeness (QED) is 0.862. The van der Waals surface area contributed by atoms with E-state index in [4.69, 9.17) is 4.74 Å². The first-order valence-corrected chi connectivity index (χ1v) is 7.21. The zero-order valence-electron chi connectivity index (χ0n) is 11.1. The summed E-state index contributed by atoms with van der Waals surface area (Å²) in [5.41, 5.74) is 0.882. The van der Waals surface area contributed by atoms with Crippen LogP contribution in [-0.4, -0.2) is 27.3 Å². The molecule has 1 aliphatic heterocycles. The molecule has 108 valence electrons. The molecule has 2 heterocycles. The molecule has 1 N–H and O–H groups in total. The number of aromatic nitrogens is 3. The Kier molecular flexibility index (Phi) is 3.74. The molecule has 0 aliphatic carbocycles. The van der Waals surface area contributed by atoms with Crippen LogP contribution in [0.25, 0.3) is 0 Å². The SMILES string of the molecule is C=CCOc1ccc(Br)cc1[C@H]1CC(=O)Nc2ncnn21. The van der Waals surface area contributed by atoms with Gasteiger partial charge in [0.05, 0.1) is 12.5 Å². The Labute approximate surface area is 130 Å². The lowest BCUT2D eigenvalue weighted by atomic mass is 10.0. The summed E-state index contributed by atoms with van der Waals surface area (Å²) in [5, 5.41) is 6.90. The van der Waals surface area contributed by atoms with Crippen LogP contribution in [0.4, 0.5) is 5.95 Å². The molecule has 7 heteroatoms. The van der Waals surface area contributed by atoms with E-state index in [9.17, 15) is 4.79 Å². The van der Waals surface area contributed by atoms with Gasteiger partial charge in [0.2, 0.25) is 11.9 Å². The first-order valence-electron chi connectivity index (χ1n) is 6.41. The van der Waals surface area contributed by atoms with E-state index in [0.29, 0.717) is 18.3 Å². The van der Waals surface area contributed by atoms with Gasteiger partial charge in [0, 0.05) is 10.0 Å². The molecule has 0 radical (unpaired) electrons. The third kappa shape index (κ3) is 2.69. The molecule has 1 aromatic heterocycles. The van der Waals surface area contributed by atoms with Crippen LogP contribution in [0.5, 0.6) is 5.75 Å².